The van der Waals surface area contributed by atoms with Gasteiger partial charge in [-0.3, -0.25) is 4.79 Å². The number of aryl methyl sites for hydroxylation is 1. The van der Waals surface area contributed by atoms with E-state index in [4.69, 9.17) is 10.5 Å². The zero-order chi connectivity index (χ0) is 19.0. The van der Waals surface area contributed by atoms with Gasteiger partial charge >= 0.3 is 0 Å². The predicted octanol–water partition coefficient (Wildman–Crippen LogP) is 2.30. The first-order valence-corrected chi connectivity index (χ1v) is 9.28. The topological polar surface area (TPSA) is 101 Å². The van der Waals surface area contributed by atoms with Crippen molar-refractivity contribution < 1.29 is 9.53 Å². The first kappa shape index (κ1) is 17.8. The molecule has 7 nitrogen and oxygen atoms in total. The Morgan fingerprint density at radius 2 is 2.26 bits per heavy atom. The largest absolute Gasteiger partial charge is 0.376 e. The van der Waals surface area contributed by atoms with Crippen LogP contribution in [0.4, 0.5) is 17.3 Å². The minimum Gasteiger partial charge on any atom is -0.376 e. The number of rotatable bonds is 7. The van der Waals surface area contributed by atoms with Crippen LogP contribution in [0.15, 0.2) is 30.3 Å². The minimum atomic E-state index is -0.352. The molecule has 1 amide bonds. The second kappa shape index (κ2) is 6.83. The molecule has 0 bridgehead atoms. The van der Waals surface area contributed by atoms with Crippen LogP contribution >= 0.6 is 0 Å². The molecule has 1 aromatic heterocycles. The van der Waals surface area contributed by atoms with Gasteiger partial charge in [-0.2, -0.15) is 0 Å². The second-order valence-corrected chi connectivity index (χ2v) is 7.30. The molecule has 2 aliphatic rings. The van der Waals surface area contributed by atoms with Crippen LogP contribution in [0.5, 0.6) is 0 Å². The number of nitrogens with zero attached hydrogens (tertiary/aromatic N) is 1. The number of hydrogen-bond acceptors (Lipinski definition) is 6. The Morgan fingerprint density at radius 3 is 3.04 bits per heavy atom. The molecule has 2 atom stereocenters. The number of hydrogen-bond donors (Lipinski definition) is 4. The molecule has 1 aliphatic carbocycles. The predicted molar refractivity (Wildman–Crippen MR) is 105 cm³/mol. The molecule has 27 heavy (non-hydrogen) atoms. The molecule has 1 saturated carbocycles. The van der Waals surface area contributed by atoms with Crippen LogP contribution < -0.4 is 21.7 Å². The number of benzene rings is 1. The number of carbonyl (C=O) groups is 1. The molecular weight excluding hydrogens is 342 g/mol. The number of nitrogens with two attached hydrogens (primary N) is 1. The fraction of sp³-hybridized carbons (Fsp3) is 0.400. The summed E-state index contributed by atoms with van der Waals surface area (Å²) in [6.07, 6.45) is 0.935. The van der Waals surface area contributed by atoms with E-state index in [2.05, 4.69) is 20.9 Å². The molecule has 2 heterocycles. The lowest BCUT2D eigenvalue weighted by Crippen LogP contribution is -2.36. The molecule has 5 N–H and O–H groups in total. The molecule has 1 aromatic carbocycles. The highest BCUT2D eigenvalue weighted by Gasteiger charge is 2.52. The van der Waals surface area contributed by atoms with Crippen molar-refractivity contribution in [2.75, 3.05) is 23.8 Å². The van der Waals surface area contributed by atoms with Crippen LogP contribution in [0.25, 0.3) is 0 Å². The monoisotopic (exact) mass is 367 g/mol. The van der Waals surface area contributed by atoms with Crippen molar-refractivity contribution in [2.45, 2.75) is 38.5 Å². The van der Waals surface area contributed by atoms with E-state index in [0.29, 0.717) is 36.9 Å². The SMILES string of the molecule is CCO[C@H]1CC1(N)CNc1cc2c(c(Nc3cccc(C)c3)n1)C(=O)NC2. The average Bonchev–Trinajstić information content (AvgIpc) is 3.11. The van der Waals surface area contributed by atoms with Gasteiger partial charge in [-0.05, 0) is 49.6 Å². The first-order valence-electron chi connectivity index (χ1n) is 9.28. The third-order valence-corrected chi connectivity index (χ3v) is 5.06. The number of carbonyl (C=O) groups excluding carboxylic acids is 1. The van der Waals surface area contributed by atoms with Crippen LogP contribution in [0.3, 0.4) is 0 Å². The normalized spacial score (nSPS) is 22.9. The summed E-state index contributed by atoms with van der Waals surface area (Å²) in [7, 11) is 0. The van der Waals surface area contributed by atoms with Gasteiger partial charge in [0.1, 0.15) is 11.6 Å². The van der Waals surface area contributed by atoms with Crippen LogP contribution in [-0.4, -0.2) is 35.7 Å². The highest BCUT2D eigenvalue weighted by Crippen LogP contribution is 2.37. The van der Waals surface area contributed by atoms with E-state index in [-0.39, 0.29) is 17.6 Å². The van der Waals surface area contributed by atoms with Gasteiger partial charge in [0.15, 0.2) is 0 Å². The highest BCUT2D eigenvalue weighted by molar-refractivity contribution is 6.03. The van der Waals surface area contributed by atoms with Crippen molar-refractivity contribution in [3.63, 3.8) is 0 Å². The average molecular weight is 367 g/mol. The summed E-state index contributed by atoms with van der Waals surface area (Å²) in [5.41, 5.74) is 9.55. The number of anilines is 3. The van der Waals surface area contributed by atoms with E-state index >= 15 is 0 Å². The maximum atomic E-state index is 12.2. The molecular formula is C20H25N5O2. The standard InChI is InChI=1S/C20H25N5O2/c1-3-27-15-9-20(15,21)11-23-16-8-13-10-22-19(26)17(13)18(25-16)24-14-6-4-5-12(2)7-14/h4-8,15H,3,9-11,21H2,1-2H3,(H,22,26)(H2,23,24,25)/t15-,20?/m0/s1. The number of amides is 1. The van der Waals surface area contributed by atoms with Gasteiger partial charge in [0.05, 0.1) is 17.2 Å². The molecule has 1 fully saturated rings. The lowest BCUT2D eigenvalue weighted by atomic mass is 10.1. The third kappa shape index (κ3) is 3.61. The Balaban J connectivity index is 1.56. The molecule has 2 aromatic rings. The third-order valence-electron chi connectivity index (χ3n) is 5.06. The fourth-order valence-corrected chi connectivity index (χ4v) is 3.45. The smallest absolute Gasteiger partial charge is 0.255 e. The van der Waals surface area contributed by atoms with Crippen molar-refractivity contribution in [1.29, 1.82) is 0 Å². The molecule has 0 radical (unpaired) electrons. The fourth-order valence-electron chi connectivity index (χ4n) is 3.45. The van der Waals surface area contributed by atoms with Gasteiger partial charge in [0.2, 0.25) is 0 Å². The van der Waals surface area contributed by atoms with E-state index < -0.39 is 0 Å². The summed E-state index contributed by atoms with van der Waals surface area (Å²) in [4.78, 5) is 16.9. The highest BCUT2D eigenvalue weighted by atomic mass is 16.5. The number of nitrogens with one attached hydrogen (secondary N) is 3. The number of pyridine rings is 1. The van der Waals surface area contributed by atoms with Gasteiger partial charge in [-0.15, -0.1) is 0 Å². The second-order valence-electron chi connectivity index (χ2n) is 7.30. The molecule has 7 heteroatoms. The zero-order valence-corrected chi connectivity index (χ0v) is 15.6. The van der Waals surface area contributed by atoms with Crippen molar-refractivity contribution in [3.8, 4) is 0 Å². The molecule has 1 unspecified atom stereocenters. The van der Waals surface area contributed by atoms with Crippen molar-refractivity contribution in [1.82, 2.24) is 10.3 Å². The summed E-state index contributed by atoms with van der Waals surface area (Å²) in [6, 6.07) is 9.89. The van der Waals surface area contributed by atoms with Crippen LogP contribution in [-0.2, 0) is 11.3 Å². The van der Waals surface area contributed by atoms with Gasteiger partial charge in [-0.1, -0.05) is 12.1 Å². The first-order chi connectivity index (χ1) is 13.0. The van der Waals surface area contributed by atoms with E-state index in [1.54, 1.807) is 0 Å². The Bertz CT molecular complexity index is 885. The Hall–Kier alpha value is -2.64. The summed E-state index contributed by atoms with van der Waals surface area (Å²) in [5.74, 6) is 1.15. The van der Waals surface area contributed by atoms with Crippen molar-refractivity contribution >= 4 is 23.2 Å². The number of ether oxygens (including phenoxy) is 1. The van der Waals surface area contributed by atoms with Crippen molar-refractivity contribution in [2.24, 2.45) is 5.73 Å². The molecule has 4 rings (SSSR count). The lowest BCUT2D eigenvalue weighted by molar-refractivity contribution is 0.0966. The number of fused-ring (bicyclic) bond motifs is 1. The van der Waals surface area contributed by atoms with E-state index in [9.17, 15) is 4.79 Å². The van der Waals surface area contributed by atoms with Gasteiger partial charge in [-0.25, -0.2) is 4.98 Å². The zero-order valence-electron chi connectivity index (χ0n) is 15.6. The Kier molecular flexibility index (Phi) is 4.49. The summed E-state index contributed by atoms with van der Waals surface area (Å²) in [5, 5.41) is 9.48. The van der Waals surface area contributed by atoms with E-state index in [1.807, 2.05) is 44.2 Å². The van der Waals surface area contributed by atoms with Crippen LogP contribution in [0, 0.1) is 6.92 Å². The Labute approximate surface area is 158 Å². The van der Waals surface area contributed by atoms with Crippen molar-refractivity contribution in [3.05, 3.63) is 47.0 Å². The van der Waals surface area contributed by atoms with Crippen LogP contribution in [0.2, 0.25) is 0 Å². The Morgan fingerprint density at radius 1 is 1.41 bits per heavy atom. The van der Waals surface area contributed by atoms with E-state index in [1.165, 1.54) is 0 Å². The summed E-state index contributed by atoms with van der Waals surface area (Å²) in [6.45, 7) is 5.75. The number of aromatic nitrogens is 1. The molecule has 0 saturated heterocycles. The van der Waals surface area contributed by atoms with Gasteiger partial charge < -0.3 is 26.4 Å². The lowest BCUT2D eigenvalue weighted by Gasteiger charge is -2.16. The molecule has 0 spiro atoms. The summed E-state index contributed by atoms with van der Waals surface area (Å²) < 4.78 is 5.61. The maximum Gasteiger partial charge on any atom is 0.255 e. The summed E-state index contributed by atoms with van der Waals surface area (Å²) >= 11 is 0. The minimum absolute atomic E-state index is 0.0950. The van der Waals surface area contributed by atoms with E-state index in [0.717, 1.165) is 23.2 Å². The quantitative estimate of drug-likeness (QED) is 0.599. The maximum absolute atomic E-state index is 12.2. The van der Waals surface area contributed by atoms with Gasteiger partial charge in [0.25, 0.3) is 5.91 Å². The molecule has 142 valence electrons. The van der Waals surface area contributed by atoms with Crippen LogP contribution in [0.1, 0.15) is 34.8 Å². The van der Waals surface area contributed by atoms with Gasteiger partial charge in [0, 0.05) is 25.4 Å². The molecule has 1 aliphatic heterocycles.